The molecule has 3 rings (SSSR count). The minimum atomic E-state index is 0.772. The molecule has 2 aromatic carbocycles. The van der Waals surface area contributed by atoms with Gasteiger partial charge in [0.25, 0.3) is 0 Å². The van der Waals surface area contributed by atoms with E-state index in [-0.39, 0.29) is 0 Å². The fraction of sp³-hybridized carbons (Fsp3) is 0.143. The van der Waals surface area contributed by atoms with E-state index in [1.165, 1.54) is 11.1 Å². The van der Waals surface area contributed by atoms with Crippen LogP contribution in [-0.2, 0) is 6.42 Å². The molecule has 80 valence electrons. The van der Waals surface area contributed by atoms with Gasteiger partial charge in [0.15, 0.2) is 0 Å². The number of halogens is 1. The molecule has 0 atom stereocenters. The Balaban J connectivity index is 2.17. The summed E-state index contributed by atoms with van der Waals surface area (Å²) in [5.41, 5.74) is 3.69. The summed E-state index contributed by atoms with van der Waals surface area (Å²) < 4.78 is 5.56. The lowest BCUT2D eigenvalue weighted by Crippen LogP contribution is -1.87. The third kappa shape index (κ3) is 1.57. The summed E-state index contributed by atoms with van der Waals surface area (Å²) in [5.74, 6) is 1.01. The van der Waals surface area contributed by atoms with Gasteiger partial charge < -0.3 is 4.74 Å². The quantitative estimate of drug-likeness (QED) is 0.721. The first kappa shape index (κ1) is 9.73. The van der Waals surface area contributed by atoms with Crippen molar-refractivity contribution < 1.29 is 4.74 Å². The van der Waals surface area contributed by atoms with Gasteiger partial charge in [0.1, 0.15) is 5.75 Å². The van der Waals surface area contributed by atoms with Crippen LogP contribution in [0.15, 0.2) is 42.5 Å². The summed E-state index contributed by atoms with van der Waals surface area (Å²) in [7, 11) is 0. The molecule has 1 nitrogen and oxygen atoms in total. The fourth-order valence-electron chi connectivity index (χ4n) is 2.15. The van der Waals surface area contributed by atoms with E-state index in [2.05, 4.69) is 12.1 Å². The SMILES string of the molecule is Clc1cccc(-c2cccc3c2CCO3)c1. The molecule has 0 fully saturated rings. The second-order valence-electron chi connectivity index (χ2n) is 3.89. The lowest BCUT2D eigenvalue weighted by molar-refractivity contribution is 0.357. The van der Waals surface area contributed by atoms with E-state index in [0.717, 1.165) is 29.4 Å². The van der Waals surface area contributed by atoms with Crippen molar-refractivity contribution in [1.29, 1.82) is 0 Å². The Labute approximate surface area is 99.6 Å². The van der Waals surface area contributed by atoms with Crippen molar-refractivity contribution in [2.45, 2.75) is 6.42 Å². The number of benzene rings is 2. The highest BCUT2D eigenvalue weighted by Crippen LogP contribution is 2.35. The van der Waals surface area contributed by atoms with Gasteiger partial charge in [0, 0.05) is 17.0 Å². The van der Waals surface area contributed by atoms with Crippen molar-refractivity contribution in [1.82, 2.24) is 0 Å². The average molecular weight is 231 g/mol. The van der Waals surface area contributed by atoms with Crippen molar-refractivity contribution >= 4 is 11.6 Å². The molecule has 2 aromatic rings. The van der Waals surface area contributed by atoms with Crippen molar-refractivity contribution in [2.24, 2.45) is 0 Å². The molecule has 0 aromatic heterocycles. The fourth-order valence-corrected chi connectivity index (χ4v) is 2.34. The van der Waals surface area contributed by atoms with Crippen LogP contribution in [0.1, 0.15) is 5.56 Å². The summed E-state index contributed by atoms with van der Waals surface area (Å²) in [5, 5.41) is 0.772. The maximum absolute atomic E-state index is 6.01. The Morgan fingerprint density at radius 1 is 1.06 bits per heavy atom. The molecule has 0 saturated carbocycles. The number of fused-ring (bicyclic) bond motifs is 1. The molecule has 1 aliphatic heterocycles. The van der Waals surface area contributed by atoms with Crippen LogP contribution in [0.25, 0.3) is 11.1 Å². The van der Waals surface area contributed by atoms with Gasteiger partial charge in [-0.15, -0.1) is 0 Å². The Bertz CT molecular complexity index is 534. The number of rotatable bonds is 1. The van der Waals surface area contributed by atoms with E-state index < -0.39 is 0 Å². The Morgan fingerprint density at radius 2 is 1.94 bits per heavy atom. The van der Waals surface area contributed by atoms with Crippen LogP contribution in [-0.4, -0.2) is 6.61 Å². The van der Waals surface area contributed by atoms with E-state index in [1.807, 2.05) is 30.3 Å². The second kappa shape index (κ2) is 3.84. The second-order valence-corrected chi connectivity index (χ2v) is 4.33. The molecule has 0 N–H and O–H groups in total. The minimum Gasteiger partial charge on any atom is -0.493 e. The third-order valence-electron chi connectivity index (χ3n) is 2.88. The molecule has 2 heteroatoms. The number of hydrogen-bond acceptors (Lipinski definition) is 1. The predicted molar refractivity (Wildman–Crippen MR) is 66.1 cm³/mol. The van der Waals surface area contributed by atoms with Gasteiger partial charge in [-0.25, -0.2) is 0 Å². The minimum absolute atomic E-state index is 0.772. The summed E-state index contributed by atoms with van der Waals surface area (Å²) in [6, 6.07) is 14.1. The van der Waals surface area contributed by atoms with Gasteiger partial charge in [-0.1, -0.05) is 35.9 Å². The van der Waals surface area contributed by atoms with E-state index >= 15 is 0 Å². The van der Waals surface area contributed by atoms with E-state index in [9.17, 15) is 0 Å². The Kier molecular flexibility index (Phi) is 2.33. The van der Waals surface area contributed by atoms with Gasteiger partial charge in [-0.2, -0.15) is 0 Å². The van der Waals surface area contributed by atoms with Crippen molar-refractivity contribution in [3.05, 3.63) is 53.1 Å². The monoisotopic (exact) mass is 230 g/mol. The molecule has 0 radical (unpaired) electrons. The zero-order valence-electron chi connectivity index (χ0n) is 8.74. The van der Waals surface area contributed by atoms with Gasteiger partial charge in [0.05, 0.1) is 6.61 Å². The molecule has 0 aliphatic carbocycles. The average Bonchev–Trinajstić information content (AvgIpc) is 2.76. The van der Waals surface area contributed by atoms with Crippen LogP contribution in [0, 0.1) is 0 Å². The molecule has 16 heavy (non-hydrogen) atoms. The van der Waals surface area contributed by atoms with Gasteiger partial charge >= 0.3 is 0 Å². The third-order valence-corrected chi connectivity index (χ3v) is 3.11. The largest absolute Gasteiger partial charge is 0.493 e. The zero-order chi connectivity index (χ0) is 11.0. The first-order chi connectivity index (χ1) is 7.84. The maximum Gasteiger partial charge on any atom is 0.123 e. The highest BCUT2D eigenvalue weighted by atomic mass is 35.5. The lowest BCUT2D eigenvalue weighted by Gasteiger charge is -2.07. The number of ether oxygens (including phenoxy) is 1. The molecule has 0 spiro atoms. The van der Waals surface area contributed by atoms with E-state index in [4.69, 9.17) is 16.3 Å². The van der Waals surface area contributed by atoms with Crippen LogP contribution >= 0.6 is 11.6 Å². The molecular formula is C14H11ClO. The van der Waals surface area contributed by atoms with Crippen LogP contribution in [0.2, 0.25) is 5.02 Å². The first-order valence-corrected chi connectivity index (χ1v) is 5.73. The highest BCUT2D eigenvalue weighted by molar-refractivity contribution is 6.30. The normalized spacial score (nSPS) is 13.3. The maximum atomic E-state index is 6.01. The lowest BCUT2D eigenvalue weighted by atomic mass is 9.98. The standard InChI is InChI=1S/C14H11ClO/c15-11-4-1-3-10(9-11)12-5-2-6-14-13(12)7-8-16-14/h1-6,9H,7-8H2. The summed E-state index contributed by atoms with van der Waals surface area (Å²) in [6.45, 7) is 0.785. The summed E-state index contributed by atoms with van der Waals surface area (Å²) >= 11 is 6.01. The van der Waals surface area contributed by atoms with Crippen LogP contribution in [0.5, 0.6) is 5.75 Å². The molecule has 1 heterocycles. The van der Waals surface area contributed by atoms with Crippen LogP contribution in [0.4, 0.5) is 0 Å². The van der Waals surface area contributed by atoms with Crippen molar-refractivity contribution in [3.8, 4) is 16.9 Å². The van der Waals surface area contributed by atoms with Gasteiger partial charge in [-0.05, 0) is 29.3 Å². The first-order valence-electron chi connectivity index (χ1n) is 5.35. The Hall–Kier alpha value is -1.47. The van der Waals surface area contributed by atoms with Crippen LogP contribution in [0.3, 0.4) is 0 Å². The molecule has 0 amide bonds. The van der Waals surface area contributed by atoms with Crippen LogP contribution < -0.4 is 4.74 Å². The van der Waals surface area contributed by atoms with E-state index in [1.54, 1.807) is 0 Å². The van der Waals surface area contributed by atoms with Crippen molar-refractivity contribution in [2.75, 3.05) is 6.61 Å². The molecular weight excluding hydrogens is 220 g/mol. The van der Waals surface area contributed by atoms with Crippen molar-refractivity contribution in [3.63, 3.8) is 0 Å². The Morgan fingerprint density at radius 3 is 2.81 bits per heavy atom. The summed E-state index contributed by atoms with van der Waals surface area (Å²) in [6.07, 6.45) is 0.984. The predicted octanol–water partition coefficient (Wildman–Crippen LogP) is 3.94. The molecule has 0 saturated heterocycles. The molecule has 1 aliphatic rings. The number of hydrogen-bond donors (Lipinski definition) is 0. The highest BCUT2D eigenvalue weighted by Gasteiger charge is 2.16. The summed E-state index contributed by atoms with van der Waals surface area (Å²) in [4.78, 5) is 0. The molecule has 0 bridgehead atoms. The smallest absolute Gasteiger partial charge is 0.123 e. The van der Waals surface area contributed by atoms with Gasteiger partial charge in [0.2, 0.25) is 0 Å². The van der Waals surface area contributed by atoms with E-state index in [0.29, 0.717) is 0 Å². The zero-order valence-corrected chi connectivity index (χ0v) is 9.50. The molecule has 0 unspecified atom stereocenters. The van der Waals surface area contributed by atoms with Gasteiger partial charge in [-0.3, -0.25) is 0 Å². The topological polar surface area (TPSA) is 9.23 Å².